The molecule has 106 valence electrons. The van der Waals surface area contributed by atoms with E-state index >= 15 is 0 Å². The van der Waals surface area contributed by atoms with Crippen LogP contribution in [0.2, 0.25) is 0 Å². The van der Waals surface area contributed by atoms with Crippen LogP contribution in [0.4, 0.5) is 0 Å². The first-order chi connectivity index (χ1) is 9.19. The number of hydrogen-bond donors (Lipinski definition) is 1. The van der Waals surface area contributed by atoms with E-state index in [1.807, 2.05) is 13.2 Å². The minimum Gasteiger partial charge on any atom is -0.381 e. The second-order valence-electron chi connectivity index (χ2n) is 4.88. The summed E-state index contributed by atoms with van der Waals surface area (Å²) in [6.07, 6.45) is 3.05. The van der Waals surface area contributed by atoms with Crippen LogP contribution in [0.5, 0.6) is 0 Å². The normalized spacial score (nSPS) is 19.7. The van der Waals surface area contributed by atoms with Crippen molar-refractivity contribution in [2.24, 2.45) is 10.9 Å². The van der Waals surface area contributed by atoms with Crippen LogP contribution < -0.4 is 5.32 Å². The van der Waals surface area contributed by atoms with Crippen LogP contribution in [-0.2, 0) is 11.3 Å². The van der Waals surface area contributed by atoms with Crippen molar-refractivity contribution in [2.45, 2.75) is 19.9 Å². The number of guanidine groups is 1. The molecule has 1 aromatic rings. The highest BCUT2D eigenvalue weighted by molar-refractivity contribution is 7.11. The Bertz CT molecular complexity index is 426. The van der Waals surface area contributed by atoms with Crippen molar-refractivity contribution in [2.75, 3.05) is 33.9 Å². The van der Waals surface area contributed by atoms with Gasteiger partial charge in [-0.15, -0.1) is 11.3 Å². The van der Waals surface area contributed by atoms with Crippen LogP contribution in [0.25, 0.3) is 0 Å². The number of nitrogens with zero attached hydrogens (tertiary/aromatic N) is 3. The van der Waals surface area contributed by atoms with Gasteiger partial charge in [-0.3, -0.25) is 4.99 Å². The van der Waals surface area contributed by atoms with Crippen molar-refractivity contribution in [3.63, 3.8) is 0 Å². The van der Waals surface area contributed by atoms with Crippen LogP contribution in [0.3, 0.4) is 0 Å². The maximum Gasteiger partial charge on any atom is 0.193 e. The molecule has 1 aliphatic heterocycles. The zero-order valence-corrected chi connectivity index (χ0v) is 12.7. The molecule has 0 aliphatic carbocycles. The van der Waals surface area contributed by atoms with Gasteiger partial charge in [-0.05, 0) is 13.3 Å². The van der Waals surface area contributed by atoms with Gasteiger partial charge in [-0.25, -0.2) is 4.98 Å². The fourth-order valence-corrected chi connectivity index (χ4v) is 2.95. The average molecular weight is 282 g/mol. The summed E-state index contributed by atoms with van der Waals surface area (Å²) in [5.74, 6) is 1.53. The molecule has 1 unspecified atom stereocenters. The molecule has 1 aliphatic rings. The van der Waals surface area contributed by atoms with Crippen LogP contribution in [0.15, 0.2) is 11.2 Å². The topological polar surface area (TPSA) is 49.8 Å². The molecule has 0 radical (unpaired) electrons. The summed E-state index contributed by atoms with van der Waals surface area (Å²) < 4.78 is 5.41. The molecule has 2 rings (SSSR count). The number of aromatic nitrogens is 1. The zero-order chi connectivity index (χ0) is 13.7. The molecule has 0 spiro atoms. The van der Waals surface area contributed by atoms with Gasteiger partial charge in [0.1, 0.15) is 5.01 Å². The molecular weight excluding hydrogens is 260 g/mol. The van der Waals surface area contributed by atoms with Gasteiger partial charge in [0.05, 0.1) is 13.2 Å². The lowest BCUT2D eigenvalue weighted by atomic mass is 10.1. The van der Waals surface area contributed by atoms with Gasteiger partial charge >= 0.3 is 0 Å². The van der Waals surface area contributed by atoms with E-state index in [9.17, 15) is 0 Å². The monoisotopic (exact) mass is 282 g/mol. The Balaban J connectivity index is 1.81. The summed E-state index contributed by atoms with van der Waals surface area (Å²) in [7, 11) is 3.89. The Morgan fingerprint density at radius 2 is 2.53 bits per heavy atom. The highest BCUT2D eigenvalue weighted by Gasteiger charge is 2.19. The van der Waals surface area contributed by atoms with E-state index in [1.54, 1.807) is 11.3 Å². The van der Waals surface area contributed by atoms with Crippen LogP contribution in [-0.4, -0.2) is 49.7 Å². The Morgan fingerprint density at radius 3 is 3.11 bits per heavy atom. The standard InChI is InChI=1S/C13H22N4OS/c1-10-6-15-12(19-10)7-16-13(14-2)17(3)8-11-4-5-18-9-11/h6,11H,4-5,7-9H2,1-3H3,(H,14,16). The van der Waals surface area contributed by atoms with Crippen molar-refractivity contribution >= 4 is 17.3 Å². The molecule has 0 aromatic carbocycles. The summed E-state index contributed by atoms with van der Waals surface area (Å²) >= 11 is 1.72. The number of hydrogen-bond acceptors (Lipinski definition) is 4. The van der Waals surface area contributed by atoms with Crippen molar-refractivity contribution in [1.82, 2.24) is 15.2 Å². The number of nitrogens with one attached hydrogen (secondary N) is 1. The molecule has 6 heteroatoms. The van der Waals surface area contributed by atoms with Crippen LogP contribution in [0.1, 0.15) is 16.3 Å². The average Bonchev–Trinajstić information content (AvgIpc) is 3.02. The molecule has 2 heterocycles. The molecule has 1 saturated heterocycles. The van der Waals surface area contributed by atoms with Crippen molar-refractivity contribution < 1.29 is 4.74 Å². The maximum atomic E-state index is 5.41. The maximum absolute atomic E-state index is 5.41. The lowest BCUT2D eigenvalue weighted by Gasteiger charge is -2.24. The van der Waals surface area contributed by atoms with Gasteiger partial charge in [0, 0.05) is 44.2 Å². The lowest BCUT2D eigenvalue weighted by Crippen LogP contribution is -2.41. The molecule has 1 N–H and O–H groups in total. The first-order valence-electron chi connectivity index (χ1n) is 6.60. The highest BCUT2D eigenvalue weighted by atomic mass is 32.1. The van der Waals surface area contributed by atoms with Gasteiger partial charge < -0.3 is 15.0 Å². The molecule has 0 bridgehead atoms. The van der Waals surface area contributed by atoms with E-state index in [0.717, 1.165) is 43.7 Å². The van der Waals surface area contributed by atoms with Crippen LogP contribution in [0, 0.1) is 12.8 Å². The van der Waals surface area contributed by atoms with E-state index in [-0.39, 0.29) is 0 Å². The SMILES string of the molecule is CN=C(NCc1ncc(C)s1)N(C)CC1CCOC1. The molecule has 0 saturated carbocycles. The van der Waals surface area contributed by atoms with Crippen molar-refractivity contribution in [3.05, 3.63) is 16.1 Å². The number of rotatable bonds is 4. The molecule has 5 nitrogen and oxygen atoms in total. The fourth-order valence-electron chi connectivity index (χ4n) is 2.22. The minimum atomic E-state index is 0.616. The fraction of sp³-hybridized carbons (Fsp3) is 0.692. The molecule has 0 amide bonds. The van der Waals surface area contributed by atoms with Gasteiger partial charge in [0.25, 0.3) is 0 Å². The molecule has 1 aromatic heterocycles. The number of ether oxygens (including phenoxy) is 1. The quantitative estimate of drug-likeness (QED) is 0.671. The summed E-state index contributed by atoms with van der Waals surface area (Å²) in [6, 6.07) is 0. The first-order valence-corrected chi connectivity index (χ1v) is 7.41. The minimum absolute atomic E-state index is 0.616. The van der Waals surface area contributed by atoms with Gasteiger partial charge in [-0.1, -0.05) is 0 Å². The molecule has 19 heavy (non-hydrogen) atoms. The second-order valence-corrected chi connectivity index (χ2v) is 6.19. The van der Waals surface area contributed by atoms with Crippen molar-refractivity contribution in [3.8, 4) is 0 Å². The Labute approximate surface area is 118 Å². The lowest BCUT2D eigenvalue weighted by molar-refractivity contribution is 0.181. The Kier molecular flexibility index (Phi) is 5.15. The summed E-state index contributed by atoms with van der Waals surface area (Å²) in [5, 5.41) is 4.45. The third-order valence-corrected chi connectivity index (χ3v) is 4.11. The summed E-state index contributed by atoms with van der Waals surface area (Å²) in [5.41, 5.74) is 0. The molecule has 1 atom stereocenters. The van der Waals surface area contributed by atoms with Gasteiger partial charge in [0.2, 0.25) is 0 Å². The van der Waals surface area contributed by atoms with E-state index in [2.05, 4.69) is 34.2 Å². The van der Waals surface area contributed by atoms with Gasteiger partial charge in [-0.2, -0.15) is 0 Å². The van der Waals surface area contributed by atoms with E-state index in [4.69, 9.17) is 4.74 Å². The zero-order valence-electron chi connectivity index (χ0n) is 11.8. The third kappa shape index (κ3) is 4.18. The van der Waals surface area contributed by atoms with Crippen LogP contribution >= 0.6 is 11.3 Å². The Hall–Kier alpha value is -1.14. The number of aryl methyl sites for hydroxylation is 1. The van der Waals surface area contributed by atoms with E-state index in [1.165, 1.54) is 4.88 Å². The number of aliphatic imine (C=N–C) groups is 1. The molecule has 1 fully saturated rings. The largest absolute Gasteiger partial charge is 0.381 e. The summed E-state index contributed by atoms with van der Waals surface area (Å²) in [4.78, 5) is 12.1. The predicted molar refractivity (Wildman–Crippen MR) is 78.6 cm³/mol. The predicted octanol–water partition coefficient (Wildman–Crippen LogP) is 1.50. The van der Waals surface area contributed by atoms with E-state index in [0.29, 0.717) is 5.92 Å². The Morgan fingerprint density at radius 1 is 1.68 bits per heavy atom. The molecular formula is C13H22N4OS. The highest BCUT2D eigenvalue weighted by Crippen LogP contribution is 2.14. The van der Waals surface area contributed by atoms with Gasteiger partial charge in [0.15, 0.2) is 5.96 Å². The smallest absolute Gasteiger partial charge is 0.193 e. The van der Waals surface area contributed by atoms with Crippen molar-refractivity contribution in [1.29, 1.82) is 0 Å². The summed E-state index contributed by atoms with van der Waals surface area (Å²) in [6.45, 7) is 5.55. The third-order valence-electron chi connectivity index (χ3n) is 3.20. The van der Waals surface area contributed by atoms with E-state index < -0.39 is 0 Å². The second kappa shape index (κ2) is 6.86. The number of thiazole rings is 1. The first kappa shape index (κ1) is 14.3.